The minimum absolute atomic E-state index is 0.153. The molecule has 1 aromatic heterocycles. The van der Waals surface area contributed by atoms with Gasteiger partial charge in [-0.25, -0.2) is 0 Å². The van der Waals surface area contributed by atoms with Crippen molar-refractivity contribution in [2.75, 3.05) is 0 Å². The molecule has 0 aliphatic heterocycles. The van der Waals surface area contributed by atoms with Gasteiger partial charge in [0.1, 0.15) is 0 Å². The zero-order chi connectivity index (χ0) is 10.8. The van der Waals surface area contributed by atoms with E-state index in [1.165, 1.54) is 0 Å². The molecule has 15 heavy (non-hydrogen) atoms. The van der Waals surface area contributed by atoms with E-state index in [4.69, 9.17) is 16.7 Å². The van der Waals surface area contributed by atoms with Crippen LogP contribution in [0.2, 0.25) is 5.02 Å². The third-order valence-corrected chi connectivity index (χ3v) is 2.64. The predicted octanol–water partition coefficient (Wildman–Crippen LogP) is 2.84. The highest BCUT2D eigenvalue weighted by atomic mass is 35.5. The van der Waals surface area contributed by atoms with Crippen molar-refractivity contribution in [2.24, 2.45) is 0 Å². The topological polar surface area (TPSA) is 53.1 Å². The van der Waals surface area contributed by atoms with Crippen molar-refractivity contribution < 1.29 is 9.90 Å². The SMILES string of the molecule is O=C(O)CCc1ccc2c(Cl)c[nH]c2c1. The molecule has 0 atom stereocenters. The lowest BCUT2D eigenvalue weighted by Gasteiger charge is -1.99. The first-order valence-electron chi connectivity index (χ1n) is 4.64. The van der Waals surface area contributed by atoms with Crippen molar-refractivity contribution in [2.45, 2.75) is 12.8 Å². The van der Waals surface area contributed by atoms with E-state index in [0.29, 0.717) is 11.4 Å². The van der Waals surface area contributed by atoms with Crippen molar-refractivity contribution in [3.8, 4) is 0 Å². The van der Waals surface area contributed by atoms with E-state index >= 15 is 0 Å². The number of hydrogen-bond donors (Lipinski definition) is 2. The van der Waals surface area contributed by atoms with Crippen molar-refractivity contribution in [1.82, 2.24) is 4.98 Å². The van der Waals surface area contributed by atoms with E-state index in [1.54, 1.807) is 6.20 Å². The fraction of sp³-hybridized carbons (Fsp3) is 0.182. The number of carboxylic acid groups (broad SMARTS) is 1. The van der Waals surface area contributed by atoms with Gasteiger partial charge in [0.25, 0.3) is 0 Å². The van der Waals surface area contributed by atoms with Gasteiger partial charge in [0.05, 0.1) is 5.02 Å². The molecule has 78 valence electrons. The molecule has 0 aliphatic carbocycles. The molecule has 0 bridgehead atoms. The van der Waals surface area contributed by atoms with Crippen molar-refractivity contribution >= 4 is 28.5 Å². The van der Waals surface area contributed by atoms with Crippen LogP contribution in [0, 0.1) is 0 Å². The smallest absolute Gasteiger partial charge is 0.303 e. The van der Waals surface area contributed by atoms with Gasteiger partial charge >= 0.3 is 5.97 Å². The monoisotopic (exact) mass is 223 g/mol. The van der Waals surface area contributed by atoms with Gasteiger partial charge in [-0.05, 0) is 18.1 Å². The Labute approximate surface area is 91.7 Å². The second-order valence-electron chi connectivity index (χ2n) is 3.41. The number of hydrogen-bond acceptors (Lipinski definition) is 1. The normalized spacial score (nSPS) is 10.7. The summed E-state index contributed by atoms with van der Waals surface area (Å²) in [5, 5.41) is 10.2. The van der Waals surface area contributed by atoms with E-state index in [2.05, 4.69) is 4.98 Å². The molecule has 3 nitrogen and oxygen atoms in total. The number of carbonyl (C=O) groups is 1. The number of H-pyrrole nitrogens is 1. The lowest BCUT2D eigenvalue weighted by atomic mass is 10.1. The minimum atomic E-state index is -0.778. The average Bonchev–Trinajstić information content (AvgIpc) is 2.57. The number of aromatic nitrogens is 1. The van der Waals surface area contributed by atoms with Crippen molar-refractivity contribution in [3.05, 3.63) is 35.0 Å². The summed E-state index contributed by atoms with van der Waals surface area (Å²) >= 11 is 5.93. The highest BCUT2D eigenvalue weighted by molar-refractivity contribution is 6.35. The van der Waals surface area contributed by atoms with E-state index < -0.39 is 5.97 Å². The molecule has 1 heterocycles. The molecule has 0 unspecified atom stereocenters. The fourth-order valence-corrected chi connectivity index (χ4v) is 1.76. The maximum atomic E-state index is 10.4. The molecule has 0 saturated carbocycles. The highest BCUT2D eigenvalue weighted by Crippen LogP contribution is 2.23. The summed E-state index contributed by atoms with van der Waals surface area (Å²) in [6.45, 7) is 0. The van der Waals surface area contributed by atoms with Gasteiger partial charge < -0.3 is 10.1 Å². The summed E-state index contributed by atoms with van der Waals surface area (Å²) in [7, 11) is 0. The molecular weight excluding hydrogens is 214 g/mol. The zero-order valence-electron chi connectivity index (χ0n) is 7.96. The van der Waals surface area contributed by atoms with Gasteiger partial charge in [-0.1, -0.05) is 23.7 Å². The summed E-state index contributed by atoms with van der Waals surface area (Å²) < 4.78 is 0. The zero-order valence-corrected chi connectivity index (χ0v) is 8.71. The molecule has 2 rings (SSSR count). The second kappa shape index (κ2) is 3.95. The number of aromatic amines is 1. The molecule has 1 aromatic carbocycles. The Morgan fingerprint density at radius 2 is 2.27 bits per heavy atom. The van der Waals surface area contributed by atoms with Gasteiger partial charge in [-0.15, -0.1) is 0 Å². The van der Waals surface area contributed by atoms with E-state index in [9.17, 15) is 4.79 Å². The number of aliphatic carboxylic acids is 1. The quantitative estimate of drug-likeness (QED) is 0.841. The summed E-state index contributed by atoms with van der Waals surface area (Å²) in [5.41, 5.74) is 1.95. The highest BCUT2D eigenvalue weighted by Gasteiger charge is 2.03. The molecule has 0 fully saturated rings. The van der Waals surface area contributed by atoms with Crippen molar-refractivity contribution in [1.29, 1.82) is 0 Å². The lowest BCUT2D eigenvalue weighted by Crippen LogP contribution is -1.97. The van der Waals surface area contributed by atoms with Crippen LogP contribution in [0.25, 0.3) is 10.9 Å². The molecule has 0 spiro atoms. The summed E-state index contributed by atoms with van der Waals surface area (Å²) in [6, 6.07) is 5.75. The maximum absolute atomic E-state index is 10.4. The second-order valence-corrected chi connectivity index (χ2v) is 3.82. The summed E-state index contributed by atoms with van der Waals surface area (Å²) in [4.78, 5) is 13.4. The van der Waals surface area contributed by atoms with Gasteiger partial charge in [0, 0.05) is 23.5 Å². The van der Waals surface area contributed by atoms with E-state index in [0.717, 1.165) is 16.5 Å². The van der Waals surface area contributed by atoms with Gasteiger partial charge in [0.2, 0.25) is 0 Å². The molecule has 2 N–H and O–H groups in total. The van der Waals surface area contributed by atoms with E-state index in [-0.39, 0.29) is 6.42 Å². The average molecular weight is 224 g/mol. The third-order valence-electron chi connectivity index (χ3n) is 2.32. The lowest BCUT2D eigenvalue weighted by molar-refractivity contribution is -0.136. The van der Waals surface area contributed by atoms with Crippen LogP contribution in [0.5, 0.6) is 0 Å². The van der Waals surface area contributed by atoms with Crippen LogP contribution in [0.4, 0.5) is 0 Å². The molecule has 2 aromatic rings. The fourth-order valence-electron chi connectivity index (χ4n) is 1.54. The van der Waals surface area contributed by atoms with E-state index in [1.807, 2.05) is 18.2 Å². The number of nitrogens with one attached hydrogen (secondary N) is 1. The largest absolute Gasteiger partial charge is 0.481 e. The van der Waals surface area contributed by atoms with Crippen LogP contribution >= 0.6 is 11.6 Å². The molecule has 0 saturated heterocycles. The Hall–Kier alpha value is -1.48. The van der Waals surface area contributed by atoms with Crippen LogP contribution in [-0.2, 0) is 11.2 Å². The number of aryl methyl sites for hydroxylation is 1. The molecular formula is C11H10ClNO2. The Balaban J connectivity index is 2.27. The van der Waals surface area contributed by atoms with Crippen LogP contribution in [-0.4, -0.2) is 16.1 Å². The van der Waals surface area contributed by atoms with Crippen LogP contribution in [0.15, 0.2) is 24.4 Å². The third kappa shape index (κ3) is 2.13. The number of benzene rings is 1. The Morgan fingerprint density at radius 3 is 3.00 bits per heavy atom. The van der Waals surface area contributed by atoms with Crippen LogP contribution in [0.1, 0.15) is 12.0 Å². The number of halogens is 1. The standard InChI is InChI=1S/C11H10ClNO2/c12-9-6-13-10-5-7(1-3-8(9)10)2-4-11(14)15/h1,3,5-6,13H,2,4H2,(H,14,15). The number of fused-ring (bicyclic) bond motifs is 1. The Bertz CT molecular complexity index is 504. The van der Waals surface area contributed by atoms with Crippen LogP contribution in [0.3, 0.4) is 0 Å². The minimum Gasteiger partial charge on any atom is -0.481 e. The van der Waals surface area contributed by atoms with Gasteiger partial charge in [0.15, 0.2) is 0 Å². The summed E-state index contributed by atoms with van der Waals surface area (Å²) in [5.74, 6) is -0.778. The first-order chi connectivity index (χ1) is 7.16. The first kappa shape index (κ1) is 10.1. The van der Waals surface area contributed by atoms with Gasteiger partial charge in [-0.2, -0.15) is 0 Å². The number of carboxylic acids is 1. The summed E-state index contributed by atoms with van der Waals surface area (Å²) in [6.07, 6.45) is 2.43. The van der Waals surface area contributed by atoms with Crippen LogP contribution < -0.4 is 0 Å². The van der Waals surface area contributed by atoms with Gasteiger partial charge in [-0.3, -0.25) is 4.79 Å². The molecule has 0 amide bonds. The predicted molar refractivity (Wildman–Crippen MR) is 59.3 cm³/mol. The Morgan fingerprint density at radius 1 is 1.47 bits per heavy atom. The first-order valence-corrected chi connectivity index (χ1v) is 5.02. The molecule has 0 radical (unpaired) electrons. The molecule has 0 aliphatic rings. The number of rotatable bonds is 3. The Kier molecular flexibility index (Phi) is 2.64. The van der Waals surface area contributed by atoms with Crippen molar-refractivity contribution in [3.63, 3.8) is 0 Å². The maximum Gasteiger partial charge on any atom is 0.303 e. The molecule has 4 heteroatoms.